The van der Waals surface area contributed by atoms with E-state index in [-0.39, 0.29) is 24.5 Å². The molecule has 1 amide bonds. The molecule has 0 bridgehead atoms. The van der Waals surface area contributed by atoms with E-state index in [1.54, 1.807) is 48.7 Å². The molecular formula is C26H23Cl3N4O3S. The van der Waals surface area contributed by atoms with Crippen LogP contribution in [0.1, 0.15) is 5.56 Å². The van der Waals surface area contributed by atoms with Gasteiger partial charge in [0.05, 0.1) is 17.0 Å². The standard InChI is InChI=1S/C26H23Cl3N4O3S/c27-19-7-6-18(23(29)14-19)16-33(37(35,36)21-4-2-1-3-5-21)17-26(34)32-13-12-31-24-10-11-30-25-15-20(28)8-9-22(24)25/h1-11,14-15H,12-13,16-17H2,(H,30,31)(H,32,34). The van der Waals surface area contributed by atoms with Gasteiger partial charge in [-0.15, -0.1) is 0 Å². The summed E-state index contributed by atoms with van der Waals surface area (Å²) in [5, 5.41) is 8.29. The predicted octanol–water partition coefficient (Wildman–Crippen LogP) is 5.61. The first-order valence-electron chi connectivity index (χ1n) is 11.3. The van der Waals surface area contributed by atoms with E-state index in [2.05, 4.69) is 15.6 Å². The topological polar surface area (TPSA) is 91.4 Å². The number of amides is 1. The van der Waals surface area contributed by atoms with Crippen LogP contribution in [0.25, 0.3) is 10.9 Å². The first-order valence-corrected chi connectivity index (χ1v) is 13.9. The van der Waals surface area contributed by atoms with E-state index >= 15 is 0 Å². The number of nitrogens with zero attached hydrogens (tertiary/aromatic N) is 2. The number of fused-ring (bicyclic) bond motifs is 1. The molecule has 4 rings (SSSR count). The number of rotatable bonds is 10. The van der Waals surface area contributed by atoms with E-state index in [4.69, 9.17) is 34.8 Å². The summed E-state index contributed by atoms with van der Waals surface area (Å²) in [5.41, 5.74) is 2.13. The van der Waals surface area contributed by atoms with Crippen molar-refractivity contribution in [2.24, 2.45) is 0 Å². The maximum atomic E-state index is 13.4. The molecule has 2 N–H and O–H groups in total. The zero-order valence-corrected chi connectivity index (χ0v) is 22.6. The van der Waals surface area contributed by atoms with Crippen LogP contribution in [-0.2, 0) is 21.4 Å². The maximum absolute atomic E-state index is 13.4. The molecule has 0 atom stereocenters. The van der Waals surface area contributed by atoms with Crippen molar-refractivity contribution >= 4 is 67.3 Å². The fourth-order valence-electron chi connectivity index (χ4n) is 3.70. The number of hydrogen-bond acceptors (Lipinski definition) is 5. The van der Waals surface area contributed by atoms with Crippen molar-refractivity contribution in [3.8, 4) is 0 Å². The van der Waals surface area contributed by atoms with Crippen LogP contribution in [-0.4, -0.2) is 43.2 Å². The van der Waals surface area contributed by atoms with Crippen molar-refractivity contribution in [3.05, 3.63) is 99.6 Å². The Balaban J connectivity index is 1.43. The van der Waals surface area contributed by atoms with Crippen LogP contribution in [0.5, 0.6) is 0 Å². The van der Waals surface area contributed by atoms with Gasteiger partial charge in [-0.25, -0.2) is 8.42 Å². The van der Waals surface area contributed by atoms with Crippen LogP contribution in [0.4, 0.5) is 5.69 Å². The van der Waals surface area contributed by atoms with E-state index in [0.29, 0.717) is 27.2 Å². The fourth-order valence-corrected chi connectivity index (χ4v) is 5.73. The fraction of sp³-hybridized carbons (Fsp3) is 0.154. The van der Waals surface area contributed by atoms with Crippen LogP contribution >= 0.6 is 34.8 Å². The summed E-state index contributed by atoms with van der Waals surface area (Å²) in [6, 6.07) is 20.0. The minimum absolute atomic E-state index is 0.0826. The first kappa shape index (κ1) is 27.2. The minimum atomic E-state index is -3.98. The Hall–Kier alpha value is -2.88. The van der Waals surface area contributed by atoms with Gasteiger partial charge in [0.25, 0.3) is 0 Å². The minimum Gasteiger partial charge on any atom is -0.383 e. The quantitative estimate of drug-likeness (QED) is 0.239. The average molecular weight is 578 g/mol. The Morgan fingerprint density at radius 1 is 0.892 bits per heavy atom. The second kappa shape index (κ2) is 12.1. The van der Waals surface area contributed by atoms with Crippen molar-refractivity contribution in [3.63, 3.8) is 0 Å². The number of carbonyl (C=O) groups is 1. The summed E-state index contributed by atoms with van der Waals surface area (Å²) in [4.78, 5) is 17.2. The number of halogens is 3. The van der Waals surface area contributed by atoms with Crippen LogP contribution in [0, 0.1) is 0 Å². The largest absolute Gasteiger partial charge is 0.383 e. The van der Waals surface area contributed by atoms with Crippen LogP contribution in [0.3, 0.4) is 0 Å². The van der Waals surface area contributed by atoms with Crippen LogP contribution in [0.15, 0.2) is 83.9 Å². The Bertz CT molecular complexity index is 1520. The zero-order chi connectivity index (χ0) is 26.4. The van der Waals surface area contributed by atoms with E-state index in [9.17, 15) is 13.2 Å². The van der Waals surface area contributed by atoms with Crippen LogP contribution < -0.4 is 10.6 Å². The van der Waals surface area contributed by atoms with Gasteiger partial charge in [-0.3, -0.25) is 9.78 Å². The number of nitrogens with one attached hydrogen (secondary N) is 2. The molecule has 1 heterocycles. The van der Waals surface area contributed by atoms with E-state index in [1.807, 2.05) is 12.1 Å². The number of aromatic nitrogens is 1. The van der Waals surface area contributed by atoms with Crippen LogP contribution in [0.2, 0.25) is 15.1 Å². The Morgan fingerprint density at radius 2 is 1.62 bits per heavy atom. The summed E-state index contributed by atoms with van der Waals surface area (Å²) in [6.07, 6.45) is 1.67. The van der Waals surface area contributed by atoms with Crippen molar-refractivity contribution in [1.82, 2.24) is 14.6 Å². The molecular weight excluding hydrogens is 555 g/mol. The molecule has 11 heteroatoms. The van der Waals surface area contributed by atoms with Gasteiger partial charge in [-0.2, -0.15) is 4.31 Å². The Labute approximate surface area is 230 Å². The normalized spacial score (nSPS) is 11.6. The second-order valence-corrected chi connectivity index (χ2v) is 11.3. The molecule has 0 fully saturated rings. The number of sulfonamides is 1. The molecule has 0 saturated heterocycles. The van der Waals surface area contributed by atoms with Gasteiger partial charge >= 0.3 is 0 Å². The number of carbonyl (C=O) groups excluding carboxylic acids is 1. The Morgan fingerprint density at radius 3 is 2.38 bits per heavy atom. The molecule has 0 saturated carbocycles. The van der Waals surface area contributed by atoms with Gasteiger partial charge in [0.2, 0.25) is 15.9 Å². The molecule has 0 unspecified atom stereocenters. The van der Waals surface area contributed by atoms with Gasteiger partial charge in [0.1, 0.15) is 0 Å². The third-order valence-electron chi connectivity index (χ3n) is 5.53. The van der Waals surface area contributed by atoms with Gasteiger partial charge in [-0.1, -0.05) is 59.1 Å². The molecule has 1 aromatic heterocycles. The second-order valence-electron chi connectivity index (χ2n) is 8.12. The highest BCUT2D eigenvalue weighted by Gasteiger charge is 2.27. The molecule has 0 aliphatic carbocycles. The lowest BCUT2D eigenvalue weighted by atomic mass is 10.2. The lowest BCUT2D eigenvalue weighted by molar-refractivity contribution is -0.121. The smallest absolute Gasteiger partial charge is 0.243 e. The van der Waals surface area contributed by atoms with E-state index in [0.717, 1.165) is 20.9 Å². The molecule has 192 valence electrons. The molecule has 0 aliphatic heterocycles. The highest BCUT2D eigenvalue weighted by molar-refractivity contribution is 7.89. The number of anilines is 1. The molecule has 0 radical (unpaired) electrons. The predicted molar refractivity (Wildman–Crippen MR) is 149 cm³/mol. The Kier molecular flexibility index (Phi) is 8.89. The molecule has 3 aromatic carbocycles. The summed E-state index contributed by atoms with van der Waals surface area (Å²) in [5.74, 6) is -0.447. The number of benzene rings is 3. The molecule has 7 nitrogen and oxygen atoms in total. The molecule has 0 aliphatic rings. The van der Waals surface area contributed by atoms with Gasteiger partial charge < -0.3 is 10.6 Å². The summed E-state index contributed by atoms with van der Waals surface area (Å²) in [7, 11) is -3.98. The van der Waals surface area contributed by atoms with Gasteiger partial charge in [0, 0.05) is 52.0 Å². The molecule has 0 spiro atoms. The monoisotopic (exact) mass is 576 g/mol. The number of pyridine rings is 1. The van der Waals surface area contributed by atoms with Gasteiger partial charge in [-0.05, 0) is 54.1 Å². The highest BCUT2D eigenvalue weighted by Crippen LogP contribution is 2.26. The van der Waals surface area contributed by atoms with Gasteiger partial charge in [0.15, 0.2) is 0 Å². The third kappa shape index (κ3) is 6.91. The lowest BCUT2D eigenvalue weighted by Gasteiger charge is -2.22. The van der Waals surface area contributed by atoms with Crippen molar-refractivity contribution < 1.29 is 13.2 Å². The summed E-state index contributed by atoms with van der Waals surface area (Å²) >= 11 is 18.3. The average Bonchev–Trinajstić information content (AvgIpc) is 2.88. The number of hydrogen-bond donors (Lipinski definition) is 2. The van der Waals surface area contributed by atoms with E-state index < -0.39 is 15.9 Å². The van der Waals surface area contributed by atoms with Crippen molar-refractivity contribution in [1.29, 1.82) is 0 Å². The maximum Gasteiger partial charge on any atom is 0.243 e. The summed E-state index contributed by atoms with van der Waals surface area (Å²) < 4.78 is 27.8. The highest BCUT2D eigenvalue weighted by atomic mass is 35.5. The molecule has 37 heavy (non-hydrogen) atoms. The molecule has 4 aromatic rings. The van der Waals surface area contributed by atoms with Crippen molar-refractivity contribution in [2.45, 2.75) is 11.4 Å². The van der Waals surface area contributed by atoms with Crippen molar-refractivity contribution in [2.75, 3.05) is 25.0 Å². The summed E-state index contributed by atoms with van der Waals surface area (Å²) in [6.45, 7) is 0.219. The third-order valence-corrected chi connectivity index (χ3v) is 8.16. The van der Waals surface area contributed by atoms with E-state index in [1.165, 1.54) is 18.2 Å². The first-order chi connectivity index (χ1) is 17.7. The zero-order valence-electron chi connectivity index (χ0n) is 19.5. The lowest BCUT2D eigenvalue weighted by Crippen LogP contribution is -2.41. The SMILES string of the molecule is O=C(CN(Cc1ccc(Cl)cc1Cl)S(=O)(=O)c1ccccc1)NCCNc1ccnc2cc(Cl)ccc12.